The van der Waals surface area contributed by atoms with Crippen LogP contribution in [0, 0.1) is 5.92 Å². The second-order valence-electron chi connectivity index (χ2n) is 5.72. The molecule has 0 bridgehead atoms. The molecule has 0 aromatic carbocycles. The van der Waals surface area contributed by atoms with Crippen molar-refractivity contribution < 1.29 is 19.1 Å². The summed E-state index contributed by atoms with van der Waals surface area (Å²) in [5, 5.41) is 15.1. The van der Waals surface area contributed by atoms with Crippen LogP contribution in [-0.4, -0.2) is 36.9 Å². The average molecular weight is 310 g/mol. The van der Waals surface area contributed by atoms with Gasteiger partial charge in [0.25, 0.3) is 0 Å². The molecular formula is C16H26N2O4. The summed E-state index contributed by atoms with van der Waals surface area (Å²) in [5.74, 6) is 0.995. The highest BCUT2D eigenvalue weighted by Gasteiger charge is 2.25. The molecule has 1 aromatic heterocycles. The molecular weight excluding hydrogens is 284 g/mol. The fraction of sp³-hybridized carbons (Fsp3) is 0.688. The summed E-state index contributed by atoms with van der Waals surface area (Å²) >= 11 is 0. The molecule has 0 radical (unpaired) electrons. The number of amides is 2. The van der Waals surface area contributed by atoms with Gasteiger partial charge in [0.05, 0.1) is 6.26 Å². The van der Waals surface area contributed by atoms with Gasteiger partial charge in [0.2, 0.25) is 0 Å². The molecule has 124 valence electrons. The van der Waals surface area contributed by atoms with Gasteiger partial charge in [-0.2, -0.15) is 0 Å². The number of hydrogen-bond donors (Lipinski definition) is 3. The van der Waals surface area contributed by atoms with Gasteiger partial charge in [0.1, 0.15) is 12.4 Å². The molecule has 0 saturated heterocycles. The third kappa shape index (κ3) is 5.69. The second kappa shape index (κ2) is 9.48. The predicted molar refractivity (Wildman–Crippen MR) is 82.3 cm³/mol. The molecule has 1 aliphatic carbocycles. The summed E-state index contributed by atoms with van der Waals surface area (Å²) in [6, 6.07) is 3.63. The third-order valence-electron chi connectivity index (χ3n) is 4.04. The monoisotopic (exact) mass is 310 g/mol. The predicted octanol–water partition coefficient (Wildman–Crippen LogP) is 2.04. The Morgan fingerprint density at radius 1 is 1.41 bits per heavy atom. The first-order valence-corrected chi connectivity index (χ1v) is 8.05. The highest BCUT2D eigenvalue weighted by molar-refractivity contribution is 5.74. The molecule has 2 amide bonds. The molecule has 2 rings (SSSR count). The zero-order valence-electron chi connectivity index (χ0n) is 12.9. The molecule has 0 spiro atoms. The number of hydrogen-bond acceptors (Lipinski definition) is 4. The summed E-state index contributed by atoms with van der Waals surface area (Å²) in [4.78, 5) is 11.8. The van der Waals surface area contributed by atoms with Crippen molar-refractivity contribution in [2.24, 2.45) is 5.92 Å². The summed E-state index contributed by atoms with van der Waals surface area (Å²) in [6.07, 6.45) is 6.56. The normalized spacial score (nSPS) is 21.5. The van der Waals surface area contributed by atoms with Gasteiger partial charge < -0.3 is 24.9 Å². The Kier molecular flexibility index (Phi) is 7.25. The molecule has 3 N–H and O–H groups in total. The maximum atomic E-state index is 11.8. The first-order valence-electron chi connectivity index (χ1n) is 8.05. The lowest BCUT2D eigenvalue weighted by molar-refractivity contribution is 0.104. The maximum Gasteiger partial charge on any atom is 0.315 e. The fourth-order valence-electron chi connectivity index (χ4n) is 2.78. The Hall–Kier alpha value is -1.53. The lowest BCUT2D eigenvalue weighted by Crippen LogP contribution is -2.47. The molecule has 1 heterocycles. The first kappa shape index (κ1) is 16.8. The van der Waals surface area contributed by atoms with Crippen LogP contribution >= 0.6 is 0 Å². The molecule has 22 heavy (non-hydrogen) atoms. The van der Waals surface area contributed by atoms with Crippen LogP contribution in [0.2, 0.25) is 0 Å². The minimum absolute atomic E-state index is 0.0916. The van der Waals surface area contributed by atoms with Crippen LogP contribution in [0.15, 0.2) is 22.8 Å². The van der Waals surface area contributed by atoms with Gasteiger partial charge in [-0.1, -0.05) is 12.8 Å². The maximum absolute atomic E-state index is 11.8. The largest absolute Gasteiger partial charge is 0.467 e. The van der Waals surface area contributed by atoms with Crippen LogP contribution in [0.3, 0.4) is 0 Å². The summed E-state index contributed by atoms with van der Waals surface area (Å²) in [5.41, 5.74) is 0. The van der Waals surface area contributed by atoms with E-state index in [0.717, 1.165) is 37.9 Å². The Morgan fingerprint density at radius 3 is 3.05 bits per heavy atom. The quantitative estimate of drug-likeness (QED) is 0.642. The molecule has 1 fully saturated rings. The van der Waals surface area contributed by atoms with Crippen LogP contribution in [0.1, 0.15) is 37.9 Å². The number of carbonyl (C=O) groups is 1. The minimum atomic E-state index is -0.156. The van der Waals surface area contributed by atoms with E-state index >= 15 is 0 Å². The van der Waals surface area contributed by atoms with Crippen molar-refractivity contribution in [1.29, 1.82) is 0 Å². The van der Waals surface area contributed by atoms with E-state index in [1.807, 2.05) is 12.1 Å². The van der Waals surface area contributed by atoms with Crippen LogP contribution in [0.5, 0.6) is 0 Å². The second-order valence-corrected chi connectivity index (χ2v) is 5.72. The molecule has 6 nitrogen and oxygen atoms in total. The molecule has 1 saturated carbocycles. The van der Waals surface area contributed by atoms with Gasteiger partial charge in [-0.25, -0.2) is 4.79 Å². The van der Waals surface area contributed by atoms with Crippen molar-refractivity contribution in [3.05, 3.63) is 24.2 Å². The number of urea groups is 1. The van der Waals surface area contributed by atoms with Gasteiger partial charge in [-0.3, -0.25) is 0 Å². The lowest BCUT2D eigenvalue weighted by atomic mass is 9.85. The Balaban J connectivity index is 1.52. The number of rotatable bonds is 8. The summed E-state index contributed by atoms with van der Waals surface area (Å²) in [7, 11) is 0. The van der Waals surface area contributed by atoms with Crippen molar-refractivity contribution >= 4 is 6.03 Å². The van der Waals surface area contributed by atoms with Gasteiger partial charge in [0.15, 0.2) is 0 Å². The van der Waals surface area contributed by atoms with Crippen molar-refractivity contribution in [2.75, 3.05) is 19.8 Å². The Bertz CT molecular complexity index is 422. The topological polar surface area (TPSA) is 83.7 Å². The standard InChI is InChI=1S/C16H26N2O4/c19-11-13-5-1-2-7-15(13)18-16(20)17-8-4-9-21-12-14-6-3-10-22-14/h3,6,10,13,15,19H,1-2,4-5,7-9,11-12H2,(H2,17,18,20). The summed E-state index contributed by atoms with van der Waals surface area (Å²) in [6.45, 7) is 1.75. The smallest absolute Gasteiger partial charge is 0.315 e. The van der Waals surface area contributed by atoms with E-state index in [4.69, 9.17) is 9.15 Å². The van der Waals surface area contributed by atoms with Crippen LogP contribution in [0.25, 0.3) is 0 Å². The van der Waals surface area contributed by atoms with Crippen molar-refractivity contribution in [1.82, 2.24) is 10.6 Å². The van der Waals surface area contributed by atoms with E-state index in [1.165, 1.54) is 0 Å². The van der Waals surface area contributed by atoms with Gasteiger partial charge in [-0.15, -0.1) is 0 Å². The SMILES string of the molecule is O=C(NCCCOCc1ccco1)NC1CCCCC1CO. The van der Waals surface area contributed by atoms with Crippen LogP contribution < -0.4 is 10.6 Å². The molecule has 1 aromatic rings. The zero-order valence-corrected chi connectivity index (χ0v) is 12.9. The zero-order chi connectivity index (χ0) is 15.6. The molecule has 0 aliphatic heterocycles. The number of ether oxygens (including phenoxy) is 1. The number of carbonyl (C=O) groups excluding carboxylic acids is 1. The fourth-order valence-corrected chi connectivity index (χ4v) is 2.78. The van der Waals surface area contributed by atoms with Crippen LogP contribution in [-0.2, 0) is 11.3 Å². The van der Waals surface area contributed by atoms with E-state index in [-0.39, 0.29) is 24.6 Å². The minimum Gasteiger partial charge on any atom is -0.467 e. The first-order chi connectivity index (χ1) is 10.8. The molecule has 6 heteroatoms. The van der Waals surface area contributed by atoms with E-state index in [2.05, 4.69) is 10.6 Å². The van der Waals surface area contributed by atoms with Gasteiger partial charge in [0, 0.05) is 31.7 Å². The summed E-state index contributed by atoms with van der Waals surface area (Å²) < 4.78 is 10.6. The highest BCUT2D eigenvalue weighted by atomic mass is 16.5. The molecule has 2 atom stereocenters. The van der Waals surface area contributed by atoms with E-state index in [1.54, 1.807) is 6.26 Å². The van der Waals surface area contributed by atoms with Crippen molar-refractivity contribution in [3.63, 3.8) is 0 Å². The highest BCUT2D eigenvalue weighted by Crippen LogP contribution is 2.23. The molecule has 2 unspecified atom stereocenters. The van der Waals surface area contributed by atoms with Crippen molar-refractivity contribution in [3.8, 4) is 0 Å². The van der Waals surface area contributed by atoms with Gasteiger partial charge in [-0.05, 0) is 31.4 Å². The number of nitrogens with one attached hydrogen (secondary N) is 2. The Labute approximate surface area is 131 Å². The van der Waals surface area contributed by atoms with Crippen LogP contribution in [0.4, 0.5) is 4.79 Å². The molecule has 1 aliphatic rings. The van der Waals surface area contributed by atoms with Crippen molar-refractivity contribution in [2.45, 2.75) is 44.8 Å². The lowest BCUT2D eigenvalue weighted by Gasteiger charge is -2.30. The number of aliphatic hydroxyl groups is 1. The Morgan fingerprint density at radius 2 is 2.27 bits per heavy atom. The van der Waals surface area contributed by atoms with E-state index in [9.17, 15) is 9.90 Å². The van der Waals surface area contributed by atoms with E-state index in [0.29, 0.717) is 19.8 Å². The number of aliphatic hydroxyl groups excluding tert-OH is 1. The van der Waals surface area contributed by atoms with Gasteiger partial charge >= 0.3 is 6.03 Å². The third-order valence-corrected chi connectivity index (χ3v) is 4.04. The number of furan rings is 1. The average Bonchev–Trinajstić information content (AvgIpc) is 3.04. The van der Waals surface area contributed by atoms with E-state index < -0.39 is 0 Å².